The molecule has 1 aromatic rings. The van der Waals surface area contributed by atoms with Crippen molar-refractivity contribution in [1.82, 2.24) is 0 Å². The van der Waals surface area contributed by atoms with Crippen LogP contribution in [0.5, 0.6) is 0 Å². The SMILES string of the molecule is CCCN=C(N)N=C(N)Nc1ccc(Br)cc1.Cl. The maximum absolute atomic E-state index is 5.68. The number of halogens is 2. The summed E-state index contributed by atoms with van der Waals surface area (Å²) >= 11 is 3.35. The monoisotopic (exact) mass is 333 g/mol. The Labute approximate surface area is 121 Å². The standard InChI is InChI=1S/C11H16BrN5.ClH/c1-2-7-15-10(13)17-11(14)16-9-5-3-8(12)4-6-9;/h3-6H,2,7H2,1H3,(H5,13,14,15,16,17);1H. The number of nitrogens with zero attached hydrogens (tertiary/aromatic N) is 2. The fourth-order valence-corrected chi connectivity index (χ4v) is 1.36. The Bertz CT molecular complexity index is 416. The molecule has 0 aliphatic carbocycles. The second-order valence-corrected chi connectivity index (χ2v) is 4.28. The van der Waals surface area contributed by atoms with Gasteiger partial charge >= 0.3 is 0 Å². The molecule has 0 bridgehead atoms. The molecule has 18 heavy (non-hydrogen) atoms. The van der Waals surface area contributed by atoms with Crippen molar-refractivity contribution in [3.63, 3.8) is 0 Å². The number of benzene rings is 1. The molecule has 0 spiro atoms. The minimum atomic E-state index is 0. The van der Waals surface area contributed by atoms with Gasteiger partial charge in [0.1, 0.15) is 0 Å². The van der Waals surface area contributed by atoms with Crippen molar-refractivity contribution in [1.29, 1.82) is 0 Å². The minimum Gasteiger partial charge on any atom is -0.369 e. The van der Waals surface area contributed by atoms with Gasteiger partial charge in [-0.3, -0.25) is 4.99 Å². The van der Waals surface area contributed by atoms with Gasteiger partial charge in [0, 0.05) is 16.7 Å². The quantitative estimate of drug-likeness (QED) is 0.585. The summed E-state index contributed by atoms with van der Waals surface area (Å²) in [5, 5.41) is 2.92. The zero-order chi connectivity index (χ0) is 12.7. The summed E-state index contributed by atoms with van der Waals surface area (Å²) in [4.78, 5) is 7.95. The number of hydrogen-bond donors (Lipinski definition) is 3. The minimum absolute atomic E-state index is 0. The van der Waals surface area contributed by atoms with Gasteiger partial charge in [0.05, 0.1) is 0 Å². The van der Waals surface area contributed by atoms with Gasteiger partial charge in [-0.05, 0) is 30.7 Å². The van der Waals surface area contributed by atoms with Crippen LogP contribution in [-0.4, -0.2) is 18.5 Å². The number of nitrogens with two attached hydrogens (primary N) is 2. The highest BCUT2D eigenvalue weighted by Crippen LogP contribution is 2.13. The Morgan fingerprint density at radius 1 is 1.28 bits per heavy atom. The molecule has 0 radical (unpaired) electrons. The lowest BCUT2D eigenvalue weighted by Crippen LogP contribution is -2.26. The molecular formula is C11H17BrClN5. The second-order valence-electron chi connectivity index (χ2n) is 3.37. The van der Waals surface area contributed by atoms with Gasteiger partial charge < -0.3 is 16.8 Å². The molecule has 0 atom stereocenters. The van der Waals surface area contributed by atoms with Crippen molar-refractivity contribution in [2.75, 3.05) is 11.9 Å². The van der Waals surface area contributed by atoms with Crippen LogP contribution in [0.25, 0.3) is 0 Å². The van der Waals surface area contributed by atoms with Gasteiger partial charge in [0.2, 0.25) is 11.9 Å². The normalized spacial score (nSPS) is 11.9. The molecule has 5 N–H and O–H groups in total. The lowest BCUT2D eigenvalue weighted by molar-refractivity contribution is 0.927. The molecular weight excluding hydrogens is 318 g/mol. The lowest BCUT2D eigenvalue weighted by atomic mass is 10.3. The predicted molar refractivity (Wildman–Crippen MR) is 83.4 cm³/mol. The van der Waals surface area contributed by atoms with Crippen LogP contribution >= 0.6 is 28.3 Å². The molecule has 0 amide bonds. The highest BCUT2D eigenvalue weighted by atomic mass is 79.9. The van der Waals surface area contributed by atoms with Crippen LogP contribution in [0, 0.1) is 0 Å². The van der Waals surface area contributed by atoms with E-state index < -0.39 is 0 Å². The van der Waals surface area contributed by atoms with E-state index in [1.54, 1.807) is 0 Å². The predicted octanol–water partition coefficient (Wildman–Crippen LogP) is 2.32. The van der Waals surface area contributed by atoms with Crippen LogP contribution in [-0.2, 0) is 0 Å². The molecule has 0 saturated heterocycles. The van der Waals surface area contributed by atoms with E-state index in [9.17, 15) is 0 Å². The van der Waals surface area contributed by atoms with E-state index in [0.29, 0.717) is 6.54 Å². The third kappa shape index (κ3) is 6.46. The number of anilines is 1. The first-order valence-electron chi connectivity index (χ1n) is 5.28. The number of nitrogens with one attached hydrogen (secondary N) is 1. The lowest BCUT2D eigenvalue weighted by Gasteiger charge is -2.05. The van der Waals surface area contributed by atoms with Crippen LogP contribution in [0.4, 0.5) is 5.69 Å². The summed E-state index contributed by atoms with van der Waals surface area (Å²) in [6, 6.07) is 7.58. The zero-order valence-corrected chi connectivity index (χ0v) is 12.5. The van der Waals surface area contributed by atoms with Crippen LogP contribution in [0.1, 0.15) is 13.3 Å². The first kappa shape index (κ1) is 16.7. The smallest absolute Gasteiger partial charge is 0.218 e. The third-order valence-corrected chi connectivity index (χ3v) is 2.38. The molecule has 0 fully saturated rings. The van der Waals surface area contributed by atoms with Crippen molar-refractivity contribution < 1.29 is 0 Å². The molecule has 5 nitrogen and oxygen atoms in total. The van der Waals surface area contributed by atoms with Gasteiger partial charge in [-0.15, -0.1) is 12.4 Å². The molecule has 0 saturated carbocycles. The van der Waals surface area contributed by atoms with Crippen molar-refractivity contribution >= 4 is 45.9 Å². The first-order valence-corrected chi connectivity index (χ1v) is 6.07. The van der Waals surface area contributed by atoms with E-state index in [2.05, 4.69) is 31.2 Å². The van der Waals surface area contributed by atoms with E-state index in [4.69, 9.17) is 11.5 Å². The van der Waals surface area contributed by atoms with Crippen molar-refractivity contribution in [2.45, 2.75) is 13.3 Å². The topological polar surface area (TPSA) is 88.8 Å². The molecule has 0 unspecified atom stereocenters. The zero-order valence-electron chi connectivity index (χ0n) is 10.1. The molecule has 7 heteroatoms. The molecule has 0 aliphatic rings. The Hall–Kier alpha value is -1.27. The molecule has 100 valence electrons. The van der Waals surface area contributed by atoms with E-state index in [1.807, 2.05) is 31.2 Å². The van der Waals surface area contributed by atoms with Crippen molar-refractivity contribution in [3.8, 4) is 0 Å². The van der Waals surface area contributed by atoms with Gasteiger partial charge in [-0.2, -0.15) is 4.99 Å². The Morgan fingerprint density at radius 2 is 1.89 bits per heavy atom. The van der Waals surface area contributed by atoms with Gasteiger partial charge in [0.25, 0.3) is 0 Å². The van der Waals surface area contributed by atoms with Gasteiger partial charge in [-0.1, -0.05) is 22.9 Å². The summed E-state index contributed by atoms with van der Waals surface area (Å²) in [5.74, 6) is 0.415. The molecule has 1 aromatic carbocycles. The largest absolute Gasteiger partial charge is 0.369 e. The number of hydrogen-bond acceptors (Lipinski definition) is 1. The van der Waals surface area contributed by atoms with Crippen LogP contribution in [0.15, 0.2) is 38.7 Å². The Kier molecular flexibility index (Phi) is 8.15. The van der Waals surface area contributed by atoms with Gasteiger partial charge in [-0.25, -0.2) is 0 Å². The van der Waals surface area contributed by atoms with E-state index >= 15 is 0 Å². The molecule has 1 rings (SSSR count). The average Bonchev–Trinajstić information content (AvgIpc) is 2.29. The van der Waals surface area contributed by atoms with Crippen LogP contribution in [0.3, 0.4) is 0 Å². The third-order valence-electron chi connectivity index (χ3n) is 1.85. The molecule has 0 heterocycles. The van der Waals surface area contributed by atoms with Crippen LogP contribution < -0.4 is 16.8 Å². The number of aliphatic imine (C=N–C) groups is 2. The fourth-order valence-electron chi connectivity index (χ4n) is 1.09. The average molecular weight is 335 g/mol. The van der Waals surface area contributed by atoms with Gasteiger partial charge in [0.15, 0.2) is 0 Å². The fraction of sp³-hybridized carbons (Fsp3) is 0.273. The Morgan fingerprint density at radius 3 is 2.44 bits per heavy atom. The second kappa shape index (κ2) is 8.77. The molecule has 0 aromatic heterocycles. The Balaban J connectivity index is 0.00000289. The van der Waals surface area contributed by atoms with Crippen molar-refractivity contribution in [3.05, 3.63) is 28.7 Å². The summed E-state index contributed by atoms with van der Waals surface area (Å²) in [6.07, 6.45) is 0.927. The van der Waals surface area contributed by atoms with E-state index in [1.165, 1.54) is 0 Å². The highest BCUT2D eigenvalue weighted by molar-refractivity contribution is 9.10. The summed E-state index contributed by atoms with van der Waals surface area (Å²) < 4.78 is 1.00. The summed E-state index contributed by atoms with van der Waals surface area (Å²) in [5.41, 5.74) is 12.1. The van der Waals surface area contributed by atoms with Crippen LogP contribution in [0.2, 0.25) is 0 Å². The van der Waals surface area contributed by atoms with E-state index in [-0.39, 0.29) is 24.3 Å². The maximum Gasteiger partial charge on any atom is 0.218 e. The number of guanidine groups is 2. The summed E-state index contributed by atoms with van der Waals surface area (Å²) in [6.45, 7) is 2.67. The highest BCUT2D eigenvalue weighted by Gasteiger charge is 1.96. The van der Waals surface area contributed by atoms with Crippen molar-refractivity contribution in [2.24, 2.45) is 21.5 Å². The molecule has 0 aliphatic heterocycles. The van der Waals surface area contributed by atoms with E-state index in [0.717, 1.165) is 16.6 Å². The summed E-state index contributed by atoms with van der Waals surface area (Å²) in [7, 11) is 0. The first-order chi connectivity index (χ1) is 8.11. The number of rotatable bonds is 3. The maximum atomic E-state index is 5.68.